The van der Waals surface area contributed by atoms with E-state index in [1.54, 1.807) is 19.1 Å². The average Bonchev–Trinajstić information content (AvgIpc) is 2.54. The monoisotopic (exact) mass is 365 g/mol. The fourth-order valence-electron chi connectivity index (χ4n) is 2.64. The summed E-state index contributed by atoms with van der Waals surface area (Å²) in [6.45, 7) is 7.58. The van der Waals surface area contributed by atoms with E-state index in [-0.39, 0.29) is 4.90 Å². The molecule has 0 aliphatic rings. The number of nitrogens with zero attached hydrogens (tertiary/aromatic N) is 2. The molecule has 0 spiro atoms. The Hall–Kier alpha value is -2.15. The lowest BCUT2D eigenvalue weighted by Crippen LogP contribution is -2.25. The molecule has 2 aromatic rings. The Morgan fingerprint density at radius 1 is 1.12 bits per heavy atom. The fraction of sp³-hybridized carbons (Fsp3) is 0.389. The average molecular weight is 365 g/mol. The Morgan fingerprint density at radius 2 is 1.80 bits per heavy atom. The molecule has 1 aromatic heterocycles. The Labute approximate surface area is 148 Å². The standard InChI is InChI=1S/C18H24FN3O2S/c1-4-10-22(11-5-2)18-9-7-16(13-20-18)21-25(23,24)17-8-6-15(19)12-14(17)3/h6-9,12-13,21H,4-5,10-11H2,1-3H3. The van der Waals surface area contributed by atoms with E-state index in [0.29, 0.717) is 11.3 Å². The summed E-state index contributed by atoms with van der Waals surface area (Å²) in [6, 6.07) is 7.09. The van der Waals surface area contributed by atoms with Gasteiger partial charge in [0.15, 0.2) is 0 Å². The Kier molecular flexibility index (Phi) is 6.36. The van der Waals surface area contributed by atoms with Crippen molar-refractivity contribution < 1.29 is 12.8 Å². The molecule has 1 aromatic carbocycles. The third kappa shape index (κ3) is 4.92. The first-order valence-corrected chi connectivity index (χ1v) is 9.85. The van der Waals surface area contributed by atoms with Crippen molar-refractivity contribution in [3.05, 3.63) is 47.9 Å². The minimum Gasteiger partial charge on any atom is -0.357 e. The summed E-state index contributed by atoms with van der Waals surface area (Å²) in [5, 5.41) is 0. The number of aromatic nitrogens is 1. The second-order valence-electron chi connectivity index (χ2n) is 5.91. The van der Waals surface area contributed by atoms with Gasteiger partial charge in [0, 0.05) is 13.1 Å². The van der Waals surface area contributed by atoms with Crippen molar-refractivity contribution in [3.63, 3.8) is 0 Å². The first-order chi connectivity index (χ1) is 11.9. The van der Waals surface area contributed by atoms with Crippen LogP contribution in [0.1, 0.15) is 32.3 Å². The van der Waals surface area contributed by atoms with Crippen LogP contribution in [-0.2, 0) is 10.0 Å². The van der Waals surface area contributed by atoms with Crippen molar-refractivity contribution in [2.75, 3.05) is 22.7 Å². The van der Waals surface area contributed by atoms with Gasteiger partial charge in [-0.3, -0.25) is 4.72 Å². The Morgan fingerprint density at radius 3 is 2.32 bits per heavy atom. The molecule has 0 atom stereocenters. The summed E-state index contributed by atoms with van der Waals surface area (Å²) in [5.74, 6) is 0.360. The molecule has 0 aliphatic heterocycles. The topological polar surface area (TPSA) is 62.3 Å². The summed E-state index contributed by atoms with van der Waals surface area (Å²) in [6.07, 6.45) is 3.53. The van der Waals surface area contributed by atoms with Gasteiger partial charge in [-0.25, -0.2) is 17.8 Å². The molecule has 136 valence electrons. The largest absolute Gasteiger partial charge is 0.357 e. The summed E-state index contributed by atoms with van der Waals surface area (Å²) in [7, 11) is -3.78. The zero-order valence-corrected chi connectivity index (χ0v) is 15.6. The SMILES string of the molecule is CCCN(CCC)c1ccc(NS(=O)(=O)c2ccc(F)cc2C)cn1. The van der Waals surface area contributed by atoms with Gasteiger partial charge in [0.25, 0.3) is 10.0 Å². The molecule has 0 fully saturated rings. The molecule has 2 rings (SSSR count). The predicted octanol–water partition coefficient (Wildman–Crippen LogP) is 3.96. The van der Waals surface area contributed by atoms with E-state index in [9.17, 15) is 12.8 Å². The first kappa shape index (κ1) is 19.2. The van der Waals surface area contributed by atoms with Crippen LogP contribution < -0.4 is 9.62 Å². The van der Waals surface area contributed by atoms with Gasteiger partial charge in [0.05, 0.1) is 16.8 Å². The number of nitrogens with one attached hydrogen (secondary N) is 1. The van der Waals surface area contributed by atoms with Gasteiger partial charge in [-0.1, -0.05) is 13.8 Å². The van der Waals surface area contributed by atoms with E-state index in [4.69, 9.17) is 0 Å². The van der Waals surface area contributed by atoms with Crippen molar-refractivity contribution in [2.24, 2.45) is 0 Å². The van der Waals surface area contributed by atoms with Crippen molar-refractivity contribution in [1.29, 1.82) is 0 Å². The molecule has 25 heavy (non-hydrogen) atoms. The molecule has 0 bridgehead atoms. The van der Waals surface area contributed by atoms with Crippen molar-refractivity contribution >= 4 is 21.5 Å². The maximum atomic E-state index is 13.2. The van der Waals surface area contributed by atoms with Gasteiger partial charge in [-0.15, -0.1) is 0 Å². The zero-order chi connectivity index (χ0) is 18.4. The highest BCUT2D eigenvalue weighted by atomic mass is 32.2. The van der Waals surface area contributed by atoms with E-state index in [2.05, 4.69) is 28.5 Å². The third-order valence-corrected chi connectivity index (χ3v) is 5.28. The van der Waals surface area contributed by atoms with E-state index in [0.717, 1.165) is 37.8 Å². The summed E-state index contributed by atoms with van der Waals surface area (Å²) in [4.78, 5) is 6.59. The van der Waals surface area contributed by atoms with Crippen LogP contribution in [0, 0.1) is 12.7 Å². The van der Waals surface area contributed by atoms with Crippen molar-refractivity contribution in [1.82, 2.24) is 4.98 Å². The summed E-state index contributed by atoms with van der Waals surface area (Å²) >= 11 is 0. The molecule has 0 saturated heterocycles. The summed E-state index contributed by atoms with van der Waals surface area (Å²) in [5.41, 5.74) is 0.731. The van der Waals surface area contributed by atoms with Crippen LogP contribution in [0.15, 0.2) is 41.4 Å². The molecule has 0 saturated carbocycles. The highest BCUT2D eigenvalue weighted by molar-refractivity contribution is 7.92. The normalized spacial score (nSPS) is 11.4. The van der Waals surface area contributed by atoms with Crippen molar-refractivity contribution in [2.45, 2.75) is 38.5 Å². The molecular formula is C18H24FN3O2S. The van der Waals surface area contributed by atoms with E-state index in [1.165, 1.54) is 18.3 Å². The van der Waals surface area contributed by atoms with E-state index >= 15 is 0 Å². The molecule has 0 amide bonds. The van der Waals surface area contributed by atoms with Gasteiger partial charge in [-0.2, -0.15) is 0 Å². The van der Waals surface area contributed by atoms with E-state index < -0.39 is 15.8 Å². The third-order valence-electron chi connectivity index (χ3n) is 3.74. The quantitative estimate of drug-likeness (QED) is 0.769. The zero-order valence-electron chi connectivity index (χ0n) is 14.8. The number of hydrogen-bond donors (Lipinski definition) is 1. The maximum Gasteiger partial charge on any atom is 0.262 e. The fourth-order valence-corrected chi connectivity index (χ4v) is 3.91. The van der Waals surface area contributed by atoms with Crippen LogP contribution in [-0.4, -0.2) is 26.5 Å². The minimum atomic E-state index is -3.78. The Bertz CT molecular complexity index is 802. The highest BCUT2D eigenvalue weighted by Crippen LogP contribution is 2.21. The lowest BCUT2D eigenvalue weighted by Gasteiger charge is -2.22. The van der Waals surface area contributed by atoms with Gasteiger partial charge < -0.3 is 4.90 Å². The lowest BCUT2D eigenvalue weighted by atomic mass is 10.2. The van der Waals surface area contributed by atoms with Gasteiger partial charge in [-0.05, 0) is 55.7 Å². The lowest BCUT2D eigenvalue weighted by molar-refractivity contribution is 0.598. The maximum absolute atomic E-state index is 13.2. The summed E-state index contributed by atoms with van der Waals surface area (Å²) < 4.78 is 40.6. The van der Waals surface area contributed by atoms with Crippen molar-refractivity contribution in [3.8, 4) is 0 Å². The minimum absolute atomic E-state index is 0.0524. The highest BCUT2D eigenvalue weighted by Gasteiger charge is 2.17. The molecular weight excluding hydrogens is 341 g/mol. The van der Waals surface area contributed by atoms with Crippen LogP contribution in [0.4, 0.5) is 15.9 Å². The second kappa shape index (κ2) is 8.29. The van der Waals surface area contributed by atoms with E-state index in [1.807, 2.05) is 0 Å². The van der Waals surface area contributed by atoms with Crippen LogP contribution in [0.2, 0.25) is 0 Å². The number of benzene rings is 1. The van der Waals surface area contributed by atoms with Crippen LogP contribution in [0.3, 0.4) is 0 Å². The first-order valence-electron chi connectivity index (χ1n) is 8.37. The molecule has 7 heteroatoms. The number of sulfonamides is 1. The number of halogens is 1. The molecule has 0 radical (unpaired) electrons. The van der Waals surface area contributed by atoms with Crippen LogP contribution in [0.5, 0.6) is 0 Å². The van der Waals surface area contributed by atoms with Gasteiger partial charge in [0.2, 0.25) is 0 Å². The van der Waals surface area contributed by atoms with Gasteiger partial charge >= 0.3 is 0 Å². The molecule has 1 N–H and O–H groups in total. The molecule has 0 aliphatic carbocycles. The molecule has 5 nitrogen and oxygen atoms in total. The number of hydrogen-bond acceptors (Lipinski definition) is 4. The van der Waals surface area contributed by atoms with Crippen LogP contribution in [0.25, 0.3) is 0 Å². The predicted molar refractivity (Wildman–Crippen MR) is 99.0 cm³/mol. The number of pyridine rings is 1. The number of aryl methyl sites for hydroxylation is 1. The Balaban J connectivity index is 2.19. The number of anilines is 2. The van der Waals surface area contributed by atoms with Crippen LogP contribution >= 0.6 is 0 Å². The van der Waals surface area contributed by atoms with Gasteiger partial charge in [0.1, 0.15) is 11.6 Å². The molecule has 0 unspecified atom stereocenters. The second-order valence-corrected chi connectivity index (χ2v) is 7.56. The number of rotatable bonds is 8. The smallest absolute Gasteiger partial charge is 0.262 e. The molecule has 1 heterocycles.